The maximum absolute atomic E-state index is 12.8. The summed E-state index contributed by atoms with van der Waals surface area (Å²) in [4.78, 5) is 61.6. The molecule has 12 heteroatoms. The Labute approximate surface area is 230 Å². The maximum atomic E-state index is 12.8. The van der Waals surface area contributed by atoms with Crippen LogP contribution in [0.25, 0.3) is 0 Å². The number of ether oxygens (including phenoxy) is 1. The molecular weight excluding hydrogens is 526 g/mol. The number of nitrogens with zero attached hydrogens (tertiary/aromatic N) is 1. The highest BCUT2D eigenvalue weighted by atomic mass is 35.5. The van der Waals surface area contributed by atoms with Crippen LogP contribution in [0.1, 0.15) is 53.2 Å². The van der Waals surface area contributed by atoms with E-state index in [0.29, 0.717) is 42.1 Å². The standard InChI is InChI=1S/C27H30ClN5O6/c1-2-23(34)30-15-39-10-9-17-4-5-19(12-21(17)28)31-27(38)29-13-16-3-6-20-18(11-16)14-33(26(20)37)22-7-8-24(35)32-25(22)36/h3-6,11-12,22H,2,7-10,13-15H2,1H3,(H,30,34)(H2,29,31,38)(H,32,35,36). The predicted molar refractivity (Wildman–Crippen MR) is 143 cm³/mol. The minimum absolute atomic E-state index is 0.0792. The summed E-state index contributed by atoms with van der Waals surface area (Å²) in [5, 5.41) is 10.9. The van der Waals surface area contributed by atoms with Crippen molar-refractivity contribution in [2.24, 2.45) is 0 Å². The van der Waals surface area contributed by atoms with Gasteiger partial charge in [0.15, 0.2) is 0 Å². The molecule has 0 saturated carbocycles. The number of anilines is 1. The van der Waals surface area contributed by atoms with Gasteiger partial charge < -0.3 is 25.6 Å². The normalized spacial score (nSPS) is 16.5. The Balaban J connectivity index is 1.25. The number of urea groups is 1. The summed E-state index contributed by atoms with van der Waals surface area (Å²) in [5.74, 6) is -1.10. The lowest BCUT2D eigenvalue weighted by Crippen LogP contribution is -2.52. The monoisotopic (exact) mass is 555 g/mol. The molecular formula is C27H30ClN5O6. The second-order valence-electron chi connectivity index (χ2n) is 9.26. The van der Waals surface area contributed by atoms with Crippen LogP contribution in [0.5, 0.6) is 0 Å². The Bertz CT molecular complexity index is 1300. The molecule has 6 amide bonds. The number of rotatable bonds is 10. The molecule has 0 aromatic heterocycles. The molecule has 2 aromatic carbocycles. The first kappa shape index (κ1) is 28.1. The number of carbonyl (C=O) groups is 5. The topological polar surface area (TPSA) is 146 Å². The van der Waals surface area contributed by atoms with Crippen molar-refractivity contribution in [3.8, 4) is 0 Å². The van der Waals surface area contributed by atoms with E-state index in [4.69, 9.17) is 16.3 Å². The Morgan fingerprint density at radius 1 is 1.13 bits per heavy atom. The van der Waals surface area contributed by atoms with Crippen LogP contribution in [-0.4, -0.2) is 53.9 Å². The van der Waals surface area contributed by atoms with Crippen LogP contribution in [0.2, 0.25) is 5.02 Å². The highest BCUT2D eigenvalue weighted by molar-refractivity contribution is 6.31. The van der Waals surface area contributed by atoms with Gasteiger partial charge in [0.1, 0.15) is 12.8 Å². The van der Waals surface area contributed by atoms with Gasteiger partial charge in [0.2, 0.25) is 17.7 Å². The van der Waals surface area contributed by atoms with Gasteiger partial charge >= 0.3 is 6.03 Å². The lowest BCUT2D eigenvalue weighted by molar-refractivity contribution is -0.137. The molecule has 0 aliphatic carbocycles. The summed E-state index contributed by atoms with van der Waals surface area (Å²) in [7, 11) is 0. The highest BCUT2D eigenvalue weighted by Crippen LogP contribution is 2.28. The number of benzene rings is 2. The molecule has 2 aromatic rings. The molecule has 39 heavy (non-hydrogen) atoms. The number of fused-ring (bicyclic) bond motifs is 1. The Hall–Kier alpha value is -3.96. The van der Waals surface area contributed by atoms with Crippen LogP contribution in [-0.2, 0) is 38.6 Å². The smallest absolute Gasteiger partial charge is 0.319 e. The van der Waals surface area contributed by atoms with E-state index in [1.54, 1.807) is 37.3 Å². The van der Waals surface area contributed by atoms with Gasteiger partial charge in [0.25, 0.3) is 5.91 Å². The lowest BCUT2D eigenvalue weighted by Gasteiger charge is -2.29. The fourth-order valence-corrected chi connectivity index (χ4v) is 4.71. The van der Waals surface area contributed by atoms with Gasteiger partial charge in [0, 0.05) is 42.2 Å². The molecule has 1 atom stereocenters. The number of nitrogens with one attached hydrogen (secondary N) is 4. The maximum Gasteiger partial charge on any atom is 0.319 e. The zero-order valence-electron chi connectivity index (χ0n) is 21.5. The molecule has 2 aliphatic rings. The van der Waals surface area contributed by atoms with Crippen molar-refractivity contribution in [1.82, 2.24) is 20.9 Å². The zero-order valence-corrected chi connectivity index (χ0v) is 22.2. The SMILES string of the molecule is CCC(=O)NCOCCc1ccc(NC(=O)NCc2ccc3c(c2)CN(C2CCC(=O)NC2=O)C3=O)cc1Cl. The van der Waals surface area contributed by atoms with Crippen molar-refractivity contribution in [3.63, 3.8) is 0 Å². The lowest BCUT2D eigenvalue weighted by atomic mass is 10.0. The number of hydrogen-bond acceptors (Lipinski definition) is 6. The summed E-state index contributed by atoms with van der Waals surface area (Å²) in [6, 6.07) is 9.39. The van der Waals surface area contributed by atoms with Gasteiger partial charge in [-0.15, -0.1) is 0 Å². The first-order valence-electron chi connectivity index (χ1n) is 12.7. The van der Waals surface area contributed by atoms with Crippen LogP contribution in [0.15, 0.2) is 36.4 Å². The third-order valence-electron chi connectivity index (χ3n) is 6.56. The van der Waals surface area contributed by atoms with Crippen molar-refractivity contribution < 1.29 is 28.7 Å². The van der Waals surface area contributed by atoms with E-state index in [2.05, 4.69) is 21.3 Å². The van der Waals surface area contributed by atoms with Crippen LogP contribution in [0, 0.1) is 0 Å². The molecule has 0 bridgehead atoms. The van der Waals surface area contributed by atoms with Crippen molar-refractivity contribution >= 4 is 46.9 Å². The van der Waals surface area contributed by atoms with Crippen LogP contribution in [0.4, 0.5) is 10.5 Å². The number of amides is 6. The van der Waals surface area contributed by atoms with Crippen LogP contribution >= 0.6 is 11.6 Å². The number of halogens is 1. The van der Waals surface area contributed by atoms with E-state index < -0.39 is 18.0 Å². The molecule has 2 aliphatic heterocycles. The molecule has 11 nitrogen and oxygen atoms in total. The Morgan fingerprint density at radius 3 is 2.69 bits per heavy atom. The minimum atomic E-state index is -0.672. The van der Waals surface area contributed by atoms with Gasteiger partial charge in [-0.2, -0.15) is 0 Å². The third kappa shape index (κ3) is 7.12. The summed E-state index contributed by atoms with van der Waals surface area (Å²) in [6.45, 7) is 2.78. The molecule has 0 spiro atoms. The number of piperidine rings is 1. The molecule has 206 valence electrons. The quantitative estimate of drug-likeness (QED) is 0.201. The highest BCUT2D eigenvalue weighted by Gasteiger charge is 2.39. The minimum Gasteiger partial charge on any atom is -0.361 e. The molecule has 1 saturated heterocycles. The van der Waals surface area contributed by atoms with Crippen molar-refractivity contribution in [2.75, 3.05) is 18.7 Å². The fraction of sp³-hybridized carbons (Fsp3) is 0.370. The first-order chi connectivity index (χ1) is 18.7. The molecule has 4 N–H and O–H groups in total. The molecule has 0 radical (unpaired) electrons. The Morgan fingerprint density at radius 2 is 1.95 bits per heavy atom. The van der Waals surface area contributed by atoms with E-state index >= 15 is 0 Å². The van der Waals surface area contributed by atoms with Gasteiger partial charge in [-0.05, 0) is 47.7 Å². The van der Waals surface area contributed by atoms with Crippen molar-refractivity contribution in [3.05, 3.63) is 63.7 Å². The van der Waals surface area contributed by atoms with Crippen molar-refractivity contribution in [2.45, 2.75) is 51.7 Å². The van der Waals surface area contributed by atoms with E-state index in [1.807, 2.05) is 6.07 Å². The summed E-state index contributed by atoms with van der Waals surface area (Å²) in [6.07, 6.45) is 1.45. The first-order valence-corrected chi connectivity index (χ1v) is 13.1. The number of imide groups is 1. The van der Waals surface area contributed by atoms with E-state index in [9.17, 15) is 24.0 Å². The second kappa shape index (κ2) is 12.7. The molecule has 2 heterocycles. The average molecular weight is 556 g/mol. The van der Waals surface area contributed by atoms with Gasteiger partial charge in [-0.1, -0.05) is 36.7 Å². The predicted octanol–water partition coefficient (Wildman–Crippen LogP) is 2.47. The fourth-order valence-electron chi connectivity index (χ4n) is 4.43. The van der Waals surface area contributed by atoms with E-state index in [-0.39, 0.29) is 44.0 Å². The van der Waals surface area contributed by atoms with E-state index in [0.717, 1.165) is 16.7 Å². The second-order valence-corrected chi connectivity index (χ2v) is 9.67. The van der Waals surface area contributed by atoms with Crippen molar-refractivity contribution in [1.29, 1.82) is 0 Å². The molecule has 4 rings (SSSR count). The largest absolute Gasteiger partial charge is 0.361 e. The van der Waals surface area contributed by atoms with Crippen LogP contribution < -0.4 is 21.3 Å². The Kier molecular flexibility index (Phi) is 9.15. The summed E-state index contributed by atoms with van der Waals surface area (Å²) < 4.78 is 5.39. The average Bonchev–Trinajstić information content (AvgIpc) is 3.23. The molecule has 1 fully saturated rings. The van der Waals surface area contributed by atoms with Crippen LogP contribution in [0.3, 0.4) is 0 Å². The number of carbonyl (C=O) groups excluding carboxylic acids is 5. The summed E-state index contributed by atoms with van der Waals surface area (Å²) >= 11 is 6.35. The van der Waals surface area contributed by atoms with Gasteiger partial charge in [0.05, 0.1) is 6.61 Å². The summed E-state index contributed by atoms with van der Waals surface area (Å²) in [5.41, 5.74) is 3.45. The molecule has 1 unspecified atom stereocenters. The third-order valence-corrected chi connectivity index (χ3v) is 6.91. The number of hydrogen-bond donors (Lipinski definition) is 4. The zero-order chi connectivity index (χ0) is 27.9. The van der Waals surface area contributed by atoms with Gasteiger partial charge in [-0.3, -0.25) is 24.5 Å². The van der Waals surface area contributed by atoms with E-state index in [1.165, 1.54) is 4.90 Å². The van der Waals surface area contributed by atoms with Gasteiger partial charge in [-0.25, -0.2) is 4.79 Å².